The van der Waals surface area contributed by atoms with Crippen LogP contribution in [0, 0.1) is 0 Å². The fourth-order valence-corrected chi connectivity index (χ4v) is 3.41. The van der Waals surface area contributed by atoms with Crippen LogP contribution in [0.3, 0.4) is 0 Å². The Morgan fingerprint density at radius 1 is 0.560 bits per heavy atom. The van der Waals surface area contributed by atoms with Crippen molar-refractivity contribution in [1.82, 2.24) is 4.90 Å². The van der Waals surface area contributed by atoms with Gasteiger partial charge in [-0.2, -0.15) is 0 Å². The molecule has 0 aromatic rings. The molecule has 0 aliphatic rings. The Morgan fingerprint density at radius 2 is 0.840 bits per heavy atom. The maximum Gasteiger partial charge on any atom is 0.219 e. The van der Waals surface area contributed by atoms with Crippen LogP contribution in [0.2, 0.25) is 0 Å². The molecule has 0 spiro atoms. The largest absolute Gasteiger partial charge is 0.346 e. The molecule has 0 aromatic heterocycles. The van der Waals surface area contributed by atoms with E-state index in [1.165, 1.54) is 109 Å². The van der Waals surface area contributed by atoms with E-state index in [2.05, 4.69) is 6.92 Å². The van der Waals surface area contributed by atoms with Gasteiger partial charge < -0.3 is 4.90 Å². The molecule has 2 nitrogen and oxygen atoms in total. The molecule has 0 bridgehead atoms. The smallest absolute Gasteiger partial charge is 0.219 e. The van der Waals surface area contributed by atoms with Crippen LogP contribution in [-0.2, 0) is 4.79 Å². The van der Waals surface area contributed by atoms with Gasteiger partial charge in [0.05, 0.1) is 0 Å². The Kier molecular flexibility index (Phi) is 19.4. The molecule has 0 aliphatic carbocycles. The molecule has 0 N–H and O–H groups in total. The van der Waals surface area contributed by atoms with Crippen molar-refractivity contribution in [2.45, 2.75) is 129 Å². The van der Waals surface area contributed by atoms with E-state index in [1.807, 2.05) is 11.9 Å². The molecule has 0 fully saturated rings. The summed E-state index contributed by atoms with van der Waals surface area (Å²) in [4.78, 5) is 12.9. The van der Waals surface area contributed by atoms with Crippen molar-refractivity contribution in [2.75, 3.05) is 13.6 Å². The van der Waals surface area contributed by atoms with Crippen LogP contribution in [0.4, 0.5) is 0 Å². The molecule has 0 saturated carbocycles. The quantitative estimate of drug-likeness (QED) is 0.220. The number of unbranched alkanes of at least 4 members (excludes halogenated alkanes) is 17. The van der Waals surface area contributed by atoms with Gasteiger partial charge >= 0.3 is 0 Å². The number of hydrogen-bond acceptors (Lipinski definition) is 1. The summed E-state index contributed by atoms with van der Waals surface area (Å²) in [7, 11) is 1.90. The molecule has 25 heavy (non-hydrogen) atoms. The average molecular weight is 354 g/mol. The van der Waals surface area contributed by atoms with E-state index in [-0.39, 0.29) is 5.91 Å². The summed E-state index contributed by atoms with van der Waals surface area (Å²) in [6.07, 6.45) is 25.3. The third-order valence-corrected chi connectivity index (χ3v) is 5.38. The third kappa shape index (κ3) is 19.6. The van der Waals surface area contributed by atoms with E-state index >= 15 is 0 Å². The van der Waals surface area contributed by atoms with Gasteiger partial charge in [0.25, 0.3) is 0 Å². The summed E-state index contributed by atoms with van der Waals surface area (Å²) in [6, 6.07) is 0. The molecular formula is C23H47NO. The molecule has 0 radical (unpaired) electrons. The van der Waals surface area contributed by atoms with Gasteiger partial charge in [0.2, 0.25) is 5.91 Å². The predicted octanol–water partition coefficient (Wildman–Crippen LogP) is 7.51. The van der Waals surface area contributed by atoms with Crippen molar-refractivity contribution in [3.63, 3.8) is 0 Å². The Bertz CT molecular complexity index is 277. The maximum absolute atomic E-state index is 11.1. The summed E-state index contributed by atoms with van der Waals surface area (Å²) in [5.41, 5.74) is 0. The highest BCUT2D eigenvalue weighted by Gasteiger charge is 2.00. The molecule has 2 heteroatoms. The normalized spacial score (nSPS) is 11.0. The summed E-state index contributed by atoms with van der Waals surface area (Å²) < 4.78 is 0. The molecule has 0 unspecified atom stereocenters. The maximum atomic E-state index is 11.1. The molecule has 0 rings (SSSR count). The van der Waals surface area contributed by atoms with Crippen molar-refractivity contribution < 1.29 is 4.79 Å². The number of amides is 1. The zero-order valence-electron chi connectivity index (χ0n) is 17.8. The van der Waals surface area contributed by atoms with Crippen LogP contribution in [0.15, 0.2) is 0 Å². The van der Waals surface area contributed by atoms with Crippen LogP contribution in [0.1, 0.15) is 129 Å². The van der Waals surface area contributed by atoms with E-state index < -0.39 is 0 Å². The Labute approximate surface area is 159 Å². The second-order valence-electron chi connectivity index (χ2n) is 7.95. The van der Waals surface area contributed by atoms with Crippen LogP contribution in [0.25, 0.3) is 0 Å². The van der Waals surface area contributed by atoms with E-state index in [1.54, 1.807) is 6.92 Å². The summed E-state index contributed by atoms with van der Waals surface area (Å²) in [5, 5.41) is 0. The predicted molar refractivity (Wildman–Crippen MR) is 112 cm³/mol. The van der Waals surface area contributed by atoms with E-state index in [9.17, 15) is 4.79 Å². The standard InChI is InChI=1S/C23H47NO/c1-4-5-6-7-8-9-10-11-12-13-14-15-16-17-18-19-20-21-22-24(3)23(2)25/h4-22H2,1-3H3. The van der Waals surface area contributed by atoms with Gasteiger partial charge in [0.1, 0.15) is 0 Å². The van der Waals surface area contributed by atoms with E-state index in [0.717, 1.165) is 13.0 Å². The highest BCUT2D eigenvalue weighted by Crippen LogP contribution is 2.14. The first-order valence-electron chi connectivity index (χ1n) is 11.4. The lowest BCUT2D eigenvalue weighted by molar-refractivity contribution is -0.127. The van der Waals surface area contributed by atoms with E-state index in [4.69, 9.17) is 0 Å². The fraction of sp³-hybridized carbons (Fsp3) is 0.957. The molecule has 150 valence electrons. The molecule has 0 aliphatic heterocycles. The monoisotopic (exact) mass is 353 g/mol. The Morgan fingerprint density at radius 3 is 1.12 bits per heavy atom. The average Bonchev–Trinajstić information content (AvgIpc) is 2.60. The van der Waals surface area contributed by atoms with Gasteiger partial charge in [-0.25, -0.2) is 0 Å². The van der Waals surface area contributed by atoms with Gasteiger partial charge in [0.15, 0.2) is 0 Å². The number of rotatable bonds is 19. The lowest BCUT2D eigenvalue weighted by Crippen LogP contribution is -2.24. The third-order valence-electron chi connectivity index (χ3n) is 5.38. The molecule has 0 saturated heterocycles. The molecule has 1 amide bonds. The highest BCUT2D eigenvalue weighted by molar-refractivity contribution is 5.72. The lowest BCUT2D eigenvalue weighted by Gasteiger charge is -2.13. The highest BCUT2D eigenvalue weighted by atomic mass is 16.2. The Balaban J connectivity index is 3.04. The van der Waals surface area contributed by atoms with Crippen LogP contribution < -0.4 is 0 Å². The van der Waals surface area contributed by atoms with Gasteiger partial charge in [-0.3, -0.25) is 4.79 Å². The van der Waals surface area contributed by atoms with Crippen molar-refractivity contribution in [1.29, 1.82) is 0 Å². The minimum absolute atomic E-state index is 0.187. The summed E-state index contributed by atoms with van der Waals surface area (Å²) in [6.45, 7) is 4.86. The number of carbonyl (C=O) groups excluding carboxylic acids is 1. The molecule has 0 heterocycles. The van der Waals surface area contributed by atoms with Crippen LogP contribution in [-0.4, -0.2) is 24.4 Å². The SMILES string of the molecule is CCCCCCCCCCCCCCCCCCCCN(C)C(C)=O. The zero-order chi connectivity index (χ0) is 18.6. The molecule has 0 aromatic carbocycles. The lowest BCUT2D eigenvalue weighted by atomic mass is 10.0. The van der Waals surface area contributed by atoms with Crippen molar-refractivity contribution in [2.24, 2.45) is 0 Å². The topological polar surface area (TPSA) is 20.3 Å². The Hall–Kier alpha value is -0.530. The number of nitrogens with zero attached hydrogens (tertiary/aromatic N) is 1. The second kappa shape index (κ2) is 19.8. The molecular weight excluding hydrogens is 306 g/mol. The first-order chi connectivity index (χ1) is 12.2. The van der Waals surface area contributed by atoms with E-state index in [0.29, 0.717) is 0 Å². The van der Waals surface area contributed by atoms with Crippen LogP contribution in [0.5, 0.6) is 0 Å². The van der Waals surface area contributed by atoms with Gasteiger partial charge in [0, 0.05) is 20.5 Å². The second-order valence-corrected chi connectivity index (χ2v) is 7.95. The van der Waals surface area contributed by atoms with Gasteiger partial charge in [-0.15, -0.1) is 0 Å². The molecule has 0 atom stereocenters. The summed E-state index contributed by atoms with van der Waals surface area (Å²) >= 11 is 0. The minimum atomic E-state index is 0.187. The zero-order valence-corrected chi connectivity index (χ0v) is 17.8. The van der Waals surface area contributed by atoms with Crippen molar-refractivity contribution in [3.05, 3.63) is 0 Å². The first kappa shape index (κ1) is 24.5. The van der Waals surface area contributed by atoms with Crippen molar-refractivity contribution in [3.8, 4) is 0 Å². The number of carbonyl (C=O) groups is 1. The van der Waals surface area contributed by atoms with Gasteiger partial charge in [-0.05, 0) is 6.42 Å². The van der Waals surface area contributed by atoms with Gasteiger partial charge in [-0.1, -0.05) is 116 Å². The van der Waals surface area contributed by atoms with Crippen LogP contribution >= 0.6 is 0 Å². The number of hydrogen-bond donors (Lipinski definition) is 0. The summed E-state index contributed by atoms with van der Waals surface area (Å²) in [5.74, 6) is 0.187. The first-order valence-corrected chi connectivity index (χ1v) is 11.4. The van der Waals surface area contributed by atoms with Crippen molar-refractivity contribution >= 4 is 5.91 Å². The minimum Gasteiger partial charge on any atom is -0.346 e. The fourth-order valence-electron chi connectivity index (χ4n) is 3.41.